The topological polar surface area (TPSA) is 108 Å². The Kier molecular flexibility index (Phi) is 4.82. The molecule has 2 atom stereocenters. The first-order chi connectivity index (χ1) is 11.2. The molecule has 2 aromatic rings. The maximum absolute atomic E-state index is 12.1. The number of aromatic nitrogens is 4. The van der Waals surface area contributed by atoms with Gasteiger partial charge in [0.15, 0.2) is 0 Å². The Labute approximate surface area is 134 Å². The average Bonchev–Trinajstić information content (AvgIpc) is 3.16. The third-order valence-corrected chi connectivity index (χ3v) is 3.96. The van der Waals surface area contributed by atoms with E-state index in [1.807, 2.05) is 30.3 Å². The Bertz CT molecular complexity index is 644. The van der Waals surface area contributed by atoms with Crippen LogP contribution in [0.4, 0.5) is 5.95 Å². The van der Waals surface area contributed by atoms with Gasteiger partial charge in [-0.2, -0.15) is 0 Å². The first kappa shape index (κ1) is 15.4. The quantitative estimate of drug-likeness (QED) is 0.804. The van der Waals surface area contributed by atoms with Crippen molar-refractivity contribution in [3.05, 3.63) is 35.9 Å². The van der Waals surface area contributed by atoms with Crippen LogP contribution in [0.2, 0.25) is 0 Å². The smallest absolute Gasteiger partial charge is 0.242 e. The van der Waals surface area contributed by atoms with Gasteiger partial charge < -0.3 is 15.8 Å². The minimum atomic E-state index is -0.163. The van der Waals surface area contributed by atoms with E-state index in [-0.39, 0.29) is 30.5 Å². The number of ether oxygens (including phenoxy) is 1. The van der Waals surface area contributed by atoms with E-state index < -0.39 is 0 Å². The lowest BCUT2D eigenvalue weighted by Gasteiger charge is -2.21. The summed E-state index contributed by atoms with van der Waals surface area (Å²) in [6, 6.07) is 10.0. The fraction of sp³-hybridized carbons (Fsp3) is 0.467. The lowest BCUT2D eigenvalue weighted by molar-refractivity contribution is -0.123. The molecule has 1 heterocycles. The Hall–Kier alpha value is -2.48. The number of carbonyl (C=O) groups excluding carboxylic acids is 1. The SMILES string of the molecule is Nc1nnnn1CC(=O)N[C@@H]1CCC[C@H]1OCc1ccccc1. The number of hydrogen-bond donors (Lipinski definition) is 2. The molecule has 1 aromatic heterocycles. The standard InChI is InChI=1S/C15H20N6O2/c16-15-18-19-20-21(15)9-14(22)17-12-7-4-8-13(12)23-10-11-5-2-1-3-6-11/h1-3,5-6,12-13H,4,7-10H2,(H,17,22)(H2,16,18,20)/t12-,13-/m1/s1. The van der Waals surface area contributed by atoms with E-state index >= 15 is 0 Å². The molecule has 0 saturated heterocycles. The Morgan fingerprint density at radius 1 is 1.35 bits per heavy atom. The molecular formula is C15H20N6O2. The predicted octanol–water partition coefficient (Wildman–Crippen LogP) is 0.509. The van der Waals surface area contributed by atoms with Gasteiger partial charge in [-0.15, -0.1) is 0 Å². The van der Waals surface area contributed by atoms with Gasteiger partial charge in [0.1, 0.15) is 6.54 Å². The molecule has 1 aliphatic carbocycles. The Morgan fingerprint density at radius 2 is 2.17 bits per heavy atom. The number of nitrogen functional groups attached to an aromatic ring is 1. The molecule has 0 radical (unpaired) electrons. The number of nitrogens with zero attached hydrogens (tertiary/aromatic N) is 4. The number of amides is 1. The first-order valence-electron chi connectivity index (χ1n) is 7.69. The molecule has 23 heavy (non-hydrogen) atoms. The zero-order chi connectivity index (χ0) is 16.1. The van der Waals surface area contributed by atoms with Gasteiger partial charge in [-0.3, -0.25) is 4.79 Å². The number of hydrogen-bond acceptors (Lipinski definition) is 6. The van der Waals surface area contributed by atoms with Crippen molar-refractivity contribution < 1.29 is 9.53 Å². The van der Waals surface area contributed by atoms with E-state index in [9.17, 15) is 4.79 Å². The molecule has 1 fully saturated rings. The predicted molar refractivity (Wildman–Crippen MR) is 83.0 cm³/mol. The molecule has 1 aliphatic rings. The van der Waals surface area contributed by atoms with Crippen molar-refractivity contribution in [2.45, 2.75) is 44.6 Å². The van der Waals surface area contributed by atoms with Gasteiger partial charge in [0.25, 0.3) is 0 Å². The minimum Gasteiger partial charge on any atom is -0.371 e. The van der Waals surface area contributed by atoms with Crippen molar-refractivity contribution in [2.75, 3.05) is 5.73 Å². The molecular weight excluding hydrogens is 296 g/mol. The van der Waals surface area contributed by atoms with Crippen LogP contribution in [0.15, 0.2) is 30.3 Å². The number of benzene rings is 1. The molecule has 3 rings (SSSR count). The summed E-state index contributed by atoms with van der Waals surface area (Å²) in [6.07, 6.45) is 2.93. The third-order valence-electron chi connectivity index (χ3n) is 3.96. The van der Waals surface area contributed by atoms with Crippen LogP contribution in [0.3, 0.4) is 0 Å². The van der Waals surface area contributed by atoms with E-state index in [4.69, 9.17) is 10.5 Å². The molecule has 0 spiro atoms. The summed E-state index contributed by atoms with van der Waals surface area (Å²) < 4.78 is 7.24. The number of nitrogens with two attached hydrogens (primary N) is 1. The second-order valence-corrected chi connectivity index (χ2v) is 5.63. The van der Waals surface area contributed by atoms with Gasteiger partial charge in [-0.25, -0.2) is 4.68 Å². The highest BCUT2D eigenvalue weighted by molar-refractivity contribution is 5.76. The number of rotatable bonds is 6. The first-order valence-corrected chi connectivity index (χ1v) is 7.69. The molecule has 1 amide bonds. The van der Waals surface area contributed by atoms with Crippen molar-refractivity contribution in [2.24, 2.45) is 0 Å². The van der Waals surface area contributed by atoms with Crippen molar-refractivity contribution in [3.63, 3.8) is 0 Å². The van der Waals surface area contributed by atoms with Crippen LogP contribution in [0.1, 0.15) is 24.8 Å². The fourth-order valence-electron chi connectivity index (χ4n) is 2.78. The van der Waals surface area contributed by atoms with Crippen molar-refractivity contribution in [1.29, 1.82) is 0 Å². The summed E-state index contributed by atoms with van der Waals surface area (Å²) >= 11 is 0. The summed E-state index contributed by atoms with van der Waals surface area (Å²) in [7, 11) is 0. The zero-order valence-corrected chi connectivity index (χ0v) is 12.8. The monoisotopic (exact) mass is 316 g/mol. The summed E-state index contributed by atoms with van der Waals surface area (Å²) in [5.41, 5.74) is 6.69. The number of nitrogens with one attached hydrogen (secondary N) is 1. The van der Waals surface area contributed by atoms with E-state index in [1.165, 1.54) is 4.68 Å². The molecule has 1 saturated carbocycles. The lowest BCUT2D eigenvalue weighted by Crippen LogP contribution is -2.42. The maximum atomic E-state index is 12.1. The van der Waals surface area contributed by atoms with Crippen LogP contribution in [-0.4, -0.2) is 38.3 Å². The van der Waals surface area contributed by atoms with Crippen LogP contribution >= 0.6 is 0 Å². The van der Waals surface area contributed by atoms with Gasteiger partial charge in [-0.05, 0) is 35.3 Å². The molecule has 122 valence electrons. The Morgan fingerprint density at radius 3 is 2.91 bits per heavy atom. The average molecular weight is 316 g/mol. The number of anilines is 1. The summed E-state index contributed by atoms with van der Waals surface area (Å²) in [6.45, 7) is 0.568. The maximum Gasteiger partial charge on any atom is 0.242 e. The van der Waals surface area contributed by atoms with Crippen LogP contribution in [0.5, 0.6) is 0 Å². The van der Waals surface area contributed by atoms with Crippen LogP contribution in [-0.2, 0) is 22.7 Å². The number of tetrazole rings is 1. The molecule has 8 nitrogen and oxygen atoms in total. The van der Waals surface area contributed by atoms with Crippen molar-refractivity contribution in [3.8, 4) is 0 Å². The lowest BCUT2D eigenvalue weighted by atomic mass is 10.2. The molecule has 8 heteroatoms. The van der Waals surface area contributed by atoms with Crippen LogP contribution < -0.4 is 11.1 Å². The summed E-state index contributed by atoms with van der Waals surface area (Å²) in [4.78, 5) is 12.1. The molecule has 0 bridgehead atoms. The van der Waals surface area contributed by atoms with Gasteiger partial charge in [0.2, 0.25) is 11.9 Å². The van der Waals surface area contributed by atoms with E-state index in [1.54, 1.807) is 0 Å². The highest BCUT2D eigenvalue weighted by Crippen LogP contribution is 2.23. The van der Waals surface area contributed by atoms with E-state index in [0.717, 1.165) is 24.8 Å². The molecule has 0 aliphatic heterocycles. The van der Waals surface area contributed by atoms with Gasteiger partial charge in [0, 0.05) is 0 Å². The molecule has 3 N–H and O–H groups in total. The zero-order valence-electron chi connectivity index (χ0n) is 12.8. The second-order valence-electron chi connectivity index (χ2n) is 5.63. The second kappa shape index (κ2) is 7.19. The molecule has 0 unspecified atom stereocenters. The highest BCUT2D eigenvalue weighted by atomic mass is 16.5. The Balaban J connectivity index is 1.50. The largest absolute Gasteiger partial charge is 0.371 e. The van der Waals surface area contributed by atoms with Crippen LogP contribution in [0, 0.1) is 0 Å². The van der Waals surface area contributed by atoms with Gasteiger partial charge in [0.05, 0.1) is 18.8 Å². The van der Waals surface area contributed by atoms with E-state index in [0.29, 0.717) is 6.61 Å². The highest BCUT2D eigenvalue weighted by Gasteiger charge is 2.29. The molecule has 1 aromatic carbocycles. The van der Waals surface area contributed by atoms with Crippen molar-refractivity contribution in [1.82, 2.24) is 25.5 Å². The van der Waals surface area contributed by atoms with E-state index in [2.05, 4.69) is 20.8 Å². The summed E-state index contributed by atoms with van der Waals surface area (Å²) in [5, 5.41) is 13.6. The minimum absolute atomic E-state index is 0.0146. The third kappa shape index (κ3) is 4.04. The van der Waals surface area contributed by atoms with Crippen LogP contribution in [0.25, 0.3) is 0 Å². The summed E-state index contributed by atoms with van der Waals surface area (Å²) in [5.74, 6) is -0.0346. The fourth-order valence-corrected chi connectivity index (χ4v) is 2.78. The van der Waals surface area contributed by atoms with Gasteiger partial charge >= 0.3 is 0 Å². The van der Waals surface area contributed by atoms with Gasteiger partial charge in [-0.1, -0.05) is 35.4 Å². The normalized spacial score (nSPS) is 20.5. The van der Waals surface area contributed by atoms with Crippen molar-refractivity contribution >= 4 is 11.9 Å². The number of carbonyl (C=O) groups is 1.